The molecule has 0 saturated carbocycles. The van der Waals surface area contributed by atoms with Crippen molar-refractivity contribution in [1.29, 1.82) is 5.26 Å². The van der Waals surface area contributed by atoms with Crippen LogP contribution in [0.5, 0.6) is 0 Å². The average molecular weight is 419 g/mol. The first kappa shape index (κ1) is 21.5. The first-order valence-corrected chi connectivity index (χ1v) is 11.1. The summed E-state index contributed by atoms with van der Waals surface area (Å²) in [5.74, 6) is -0.355. The molecule has 2 aromatic carbocycles. The second-order valence-electron chi connectivity index (χ2n) is 8.58. The number of nitrogens with zero attached hydrogens (tertiary/aromatic N) is 3. The topological polar surface area (TPSA) is 82.6 Å². The summed E-state index contributed by atoms with van der Waals surface area (Å²) in [5.41, 5.74) is 9.17. The Balaban J connectivity index is 1.23. The predicted molar refractivity (Wildman–Crippen MR) is 120 cm³/mol. The minimum atomic E-state index is -0.355. The smallest absolute Gasteiger partial charge is 0.248 e. The number of carbonyl (C=O) groups excluding carboxylic acids is 1. The van der Waals surface area contributed by atoms with E-state index in [1.54, 1.807) is 0 Å². The second-order valence-corrected chi connectivity index (χ2v) is 8.58. The van der Waals surface area contributed by atoms with Crippen molar-refractivity contribution >= 4 is 5.91 Å². The summed E-state index contributed by atoms with van der Waals surface area (Å²) >= 11 is 0. The lowest BCUT2D eigenvalue weighted by Crippen LogP contribution is -2.59. The van der Waals surface area contributed by atoms with E-state index >= 15 is 0 Å². The lowest BCUT2D eigenvalue weighted by atomic mass is 10.0. The lowest BCUT2D eigenvalue weighted by Gasteiger charge is -2.46. The number of nitrogens with two attached hydrogens (primary N) is 1. The van der Waals surface area contributed by atoms with E-state index in [9.17, 15) is 4.79 Å². The van der Waals surface area contributed by atoms with Gasteiger partial charge < -0.3 is 10.5 Å². The quantitative estimate of drug-likeness (QED) is 0.711. The number of nitriles is 1. The monoisotopic (exact) mass is 418 g/mol. The molecule has 2 saturated heterocycles. The number of ether oxygens (including phenoxy) is 1. The molecule has 1 unspecified atom stereocenters. The fraction of sp³-hybridized carbons (Fsp3) is 0.440. The number of primary amides is 1. The molecule has 2 heterocycles. The standard InChI is InChI=1S/C25H30N4O2/c26-14-20-9-7-19(8-10-20)4-3-12-28-15-22-17-29(18-23(16-28)31-22)13-11-21-5-1-2-6-24(21)25(27)30/h1-2,5-10,22-23H,3-4,11-13,15-18H2,(H2,27,30)/t22-,23?/m1/s1. The van der Waals surface area contributed by atoms with Crippen LogP contribution >= 0.6 is 0 Å². The van der Waals surface area contributed by atoms with Crippen molar-refractivity contribution < 1.29 is 9.53 Å². The molecule has 1 amide bonds. The van der Waals surface area contributed by atoms with Gasteiger partial charge in [-0.05, 0) is 55.1 Å². The van der Waals surface area contributed by atoms with Gasteiger partial charge in [-0.2, -0.15) is 5.26 Å². The maximum Gasteiger partial charge on any atom is 0.248 e. The van der Waals surface area contributed by atoms with E-state index in [0.29, 0.717) is 11.1 Å². The molecule has 4 rings (SSSR count). The zero-order chi connectivity index (χ0) is 21.6. The van der Waals surface area contributed by atoms with Crippen LogP contribution in [-0.2, 0) is 17.6 Å². The van der Waals surface area contributed by atoms with Crippen LogP contribution in [0.2, 0.25) is 0 Å². The Labute approximate surface area is 184 Å². The van der Waals surface area contributed by atoms with Gasteiger partial charge in [-0.1, -0.05) is 30.3 Å². The summed E-state index contributed by atoms with van der Waals surface area (Å²) < 4.78 is 6.20. The van der Waals surface area contributed by atoms with Gasteiger partial charge in [0.15, 0.2) is 0 Å². The van der Waals surface area contributed by atoms with Crippen molar-refractivity contribution in [2.24, 2.45) is 5.73 Å². The third-order valence-corrected chi connectivity index (χ3v) is 6.24. The van der Waals surface area contributed by atoms with Crippen LogP contribution in [0.1, 0.15) is 33.5 Å². The number of amides is 1. The molecule has 2 N–H and O–H groups in total. The number of morpholine rings is 2. The van der Waals surface area contributed by atoms with Crippen molar-refractivity contribution in [3.05, 3.63) is 70.8 Å². The van der Waals surface area contributed by atoms with Gasteiger partial charge in [0, 0.05) is 38.3 Å². The Morgan fingerprint density at radius 2 is 1.61 bits per heavy atom. The molecular formula is C25H30N4O2. The third kappa shape index (κ3) is 5.71. The zero-order valence-corrected chi connectivity index (χ0v) is 17.9. The van der Waals surface area contributed by atoms with E-state index in [1.807, 2.05) is 36.4 Å². The molecule has 6 nitrogen and oxygen atoms in total. The number of rotatable bonds is 8. The van der Waals surface area contributed by atoms with Crippen LogP contribution in [0.3, 0.4) is 0 Å². The zero-order valence-electron chi connectivity index (χ0n) is 17.9. The maximum absolute atomic E-state index is 11.6. The summed E-state index contributed by atoms with van der Waals surface area (Å²) in [6.45, 7) is 5.79. The second kappa shape index (κ2) is 10.1. The number of carbonyl (C=O) groups is 1. The van der Waals surface area contributed by atoms with E-state index in [-0.39, 0.29) is 18.1 Å². The van der Waals surface area contributed by atoms with Crippen LogP contribution in [0.4, 0.5) is 0 Å². The van der Waals surface area contributed by atoms with Crippen LogP contribution in [-0.4, -0.2) is 67.2 Å². The van der Waals surface area contributed by atoms with Crippen molar-refractivity contribution in [3.8, 4) is 6.07 Å². The van der Waals surface area contributed by atoms with Crippen molar-refractivity contribution in [3.63, 3.8) is 0 Å². The molecule has 0 spiro atoms. The number of hydrogen-bond acceptors (Lipinski definition) is 5. The van der Waals surface area contributed by atoms with Crippen molar-refractivity contribution in [2.75, 3.05) is 39.3 Å². The summed E-state index contributed by atoms with van der Waals surface area (Å²) in [6.07, 6.45) is 3.46. The molecule has 2 aromatic rings. The van der Waals surface area contributed by atoms with Crippen LogP contribution < -0.4 is 5.73 Å². The highest BCUT2D eigenvalue weighted by molar-refractivity contribution is 5.94. The summed E-state index contributed by atoms with van der Waals surface area (Å²) in [5, 5.41) is 8.91. The Morgan fingerprint density at radius 1 is 0.968 bits per heavy atom. The van der Waals surface area contributed by atoms with Gasteiger partial charge in [0.2, 0.25) is 5.91 Å². The van der Waals surface area contributed by atoms with E-state index in [2.05, 4.69) is 28.0 Å². The Morgan fingerprint density at radius 3 is 2.26 bits per heavy atom. The number of aryl methyl sites for hydroxylation is 1. The summed E-state index contributed by atoms with van der Waals surface area (Å²) in [7, 11) is 0. The molecule has 2 fully saturated rings. The summed E-state index contributed by atoms with van der Waals surface area (Å²) in [4.78, 5) is 16.6. The molecule has 2 aliphatic rings. The highest BCUT2D eigenvalue weighted by Gasteiger charge is 2.34. The Kier molecular flexibility index (Phi) is 6.98. The van der Waals surface area contributed by atoms with Crippen LogP contribution in [0.15, 0.2) is 48.5 Å². The van der Waals surface area contributed by atoms with E-state index in [4.69, 9.17) is 15.7 Å². The maximum atomic E-state index is 11.6. The largest absolute Gasteiger partial charge is 0.370 e. The normalized spacial score (nSPS) is 21.5. The number of benzene rings is 2. The highest BCUT2D eigenvalue weighted by Crippen LogP contribution is 2.20. The van der Waals surface area contributed by atoms with Gasteiger partial charge in [0.1, 0.15) is 0 Å². The third-order valence-electron chi connectivity index (χ3n) is 6.24. The van der Waals surface area contributed by atoms with E-state index in [0.717, 1.165) is 64.1 Å². The molecule has 2 aliphatic heterocycles. The van der Waals surface area contributed by atoms with Crippen molar-refractivity contribution in [1.82, 2.24) is 9.80 Å². The van der Waals surface area contributed by atoms with Gasteiger partial charge in [-0.25, -0.2) is 0 Å². The summed E-state index contributed by atoms with van der Waals surface area (Å²) in [6, 6.07) is 17.7. The SMILES string of the molecule is N#Cc1ccc(CCCN2CC3CN(CCc4ccccc4C(N)=O)C[C@@H](C2)O3)cc1. The van der Waals surface area contributed by atoms with Gasteiger partial charge in [-0.3, -0.25) is 14.6 Å². The molecule has 162 valence electrons. The molecule has 6 heteroatoms. The molecule has 0 radical (unpaired) electrons. The molecule has 2 atom stereocenters. The van der Waals surface area contributed by atoms with Gasteiger partial charge in [0.05, 0.1) is 23.8 Å². The molecule has 2 bridgehead atoms. The molecule has 0 aliphatic carbocycles. The minimum Gasteiger partial charge on any atom is -0.370 e. The lowest BCUT2D eigenvalue weighted by molar-refractivity contribution is -0.138. The van der Waals surface area contributed by atoms with Gasteiger partial charge >= 0.3 is 0 Å². The fourth-order valence-electron chi connectivity index (χ4n) is 4.74. The Hall–Kier alpha value is -2.72. The fourth-order valence-corrected chi connectivity index (χ4v) is 4.74. The molecule has 0 aromatic heterocycles. The van der Waals surface area contributed by atoms with E-state index in [1.165, 1.54) is 5.56 Å². The predicted octanol–water partition coefficient (Wildman–Crippen LogP) is 2.22. The van der Waals surface area contributed by atoms with Crippen LogP contribution in [0, 0.1) is 11.3 Å². The first-order valence-electron chi connectivity index (χ1n) is 11.1. The number of hydrogen-bond donors (Lipinski definition) is 1. The van der Waals surface area contributed by atoms with Gasteiger partial charge in [0.25, 0.3) is 0 Å². The number of fused-ring (bicyclic) bond motifs is 2. The average Bonchev–Trinajstić information content (AvgIpc) is 2.78. The molecular weight excluding hydrogens is 388 g/mol. The first-order chi connectivity index (χ1) is 15.1. The Bertz CT molecular complexity index is 923. The minimum absolute atomic E-state index is 0.244. The van der Waals surface area contributed by atoms with Crippen LogP contribution in [0.25, 0.3) is 0 Å². The van der Waals surface area contributed by atoms with E-state index < -0.39 is 0 Å². The highest BCUT2D eigenvalue weighted by atomic mass is 16.5. The molecule has 31 heavy (non-hydrogen) atoms. The van der Waals surface area contributed by atoms with Gasteiger partial charge in [-0.15, -0.1) is 0 Å². The van der Waals surface area contributed by atoms with Crippen molar-refractivity contribution in [2.45, 2.75) is 31.5 Å².